The summed E-state index contributed by atoms with van der Waals surface area (Å²) in [4.78, 5) is 3.86. The number of nitrogens with zero attached hydrogens (tertiary/aromatic N) is 1. The van der Waals surface area contributed by atoms with Crippen molar-refractivity contribution in [2.75, 3.05) is 0 Å². The van der Waals surface area contributed by atoms with Crippen LogP contribution >= 0.6 is 15.9 Å². The molecule has 0 amide bonds. The lowest BCUT2D eigenvalue weighted by Gasteiger charge is -2.00. The summed E-state index contributed by atoms with van der Waals surface area (Å²) in [5.74, 6) is -0.288. The maximum absolute atomic E-state index is 12.4. The number of hydrogen-bond acceptors (Lipinski definition) is 1. The second-order valence-electron chi connectivity index (χ2n) is 2.05. The molecule has 0 fully saturated rings. The predicted molar refractivity (Wildman–Crippen MR) is 41.5 cm³/mol. The van der Waals surface area contributed by atoms with E-state index >= 15 is 0 Å². The Labute approximate surface area is 67.4 Å². The van der Waals surface area contributed by atoms with Crippen LogP contribution in [0.2, 0.25) is 0 Å². The quantitative estimate of drug-likeness (QED) is 0.640. The first-order valence-corrected chi connectivity index (χ1v) is 3.86. The van der Waals surface area contributed by atoms with Gasteiger partial charge in [-0.3, -0.25) is 4.98 Å². The first kappa shape index (κ1) is 7.66. The maximum atomic E-state index is 12.4. The molecule has 54 valence electrons. The van der Waals surface area contributed by atoms with Crippen molar-refractivity contribution in [3.63, 3.8) is 0 Å². The van der Waals surface area contributed by atoms with Crippen LogP contribution < -0.4 is 0 Å². The lowest BCUT2D eigenvalue weighted by atomic mass is 10.2. The van der Waals surface area contributed by atoms with Crippen molar-refractivity contribution in [3.05, 3.63) is 29.8 Å². The first-order chi connectivity index (χ1) is 4.70. The average Bonchev–Trinajstić information content (AvgIpc) is 1.88. The number of hydrogen-bond donors (Lipinski definition) is 0. The largest absolute Gasteiger partial charge is 0.261 e. The minimum absolute atomic E-state index is 0.163. The van der Waals surface area contributed by atoms with Gasteiger partial charge in [-0.2, -0.15) is 0 Å². The van der Waals surface area contributed by atoms with Crippen LogP contribution in [0.5, 0.6) is 0 Å². The molecule has 0 spiro atoms. The standard InChI is InChI=1S/C7H7BrFN/c1-5(8)6-2-7(9)4-10-3-6/h2-5H,1H3/t5-/m0/s1. The Morgan fingerprint density at radius 1 is 1.60 bits per heavy atom. The predicted octanol–water partition coefficient (Wildman–Crippen LogP) is 2.68. The SMILES string of the molecule is C[C@H](Br)c1cncc(F)c1. The Bertz CT molecular complexity index is 225. The Morgan fingerprint density at radius 2 is 2.30 bits per heavy atom. The summed E-state index contributed by atoms with van der Waals surface area (Å²) >= 11 is 3.31. The molecule has 0 aromatic carbocycles. The van der Waals surface area contributed by atoms with Gasteiger partial charge in [-0.1, -0.05) is 15.9 Å². The molecule has 10 heavy (non-hydrogen) atoms. The molecule has 1 aromatic rings. The van der Waals surface area contributed by atoms with Crippen molar-refractivity contribution in [2.45, 2.75) is 11.8 Å². The molecule has 0 aliphatic heterocycles. The van der Waals surface area contributed by atoms with Crippen molar-refractivity contribution in [3.8, 4) is 0 Å². The lowest BCUT2D eigenvalue weighted by Crippen LogP contribution is -1.86. The highest BCUT2D eigenvalue weighted by atomic mass is 79.9. The van der Waals surface area contributed by atoms with E-state index in [4.69, 9.17) is 0 Å². The third-order valence-corrected chi connectivity index (χ3v) is 1.71. The van der Waals surface area contributed by atoms with E-state index in [-0.39, 0.29) is 10.6 Å². The normalized spacial score (nSPS) is 13.1. The highest BCUT2D eigenvalue weighted by Crippen LogP contribution is 2.20. The molecule has 0 radical (unpaired) electrons. The highest BCUT2D eigenvalue weighted by molar-refractivity contribution is 9.09. The zero-order valence-corrected chi connectivity index (χ0v) is 7.10. The Morgan fingerprint density at radius 3 is 2.70 bits per heavy atom. The van der Waals surface area contributed by atoms with Gasteiger partial charge < -0.3 is 0 Å². The van der Waals surface area contributed by atoms with Crippen molar-refractivity contribution in [1.82, 2.24) is 4.98 Å². The smallest absolute Gasteiger partial charge is 0.141 e. The van der Waals surface area contributed by atoms with Crippen LogP contribution in [-0.4, -0.2) is 4.98 Å². The molecule has 1 aromatic heterocycles. The Kier molecular flexibility index (Phi) is 2.38. The molecule has 1 nitrogen and oxygen atoms in total. The minimum Gasteiger partial charge on any atom is -0.261 e. The van der Waals surface area contributed by atoms with Gasteiger partial charge >= 0.3 is 0 Å². The van der Waals surface area contributed by atoms with Gasteiger partial charge in [0.1, 0.15) is 5.82 Å². The van der Waals surface area contributed by atoms with E-state index in [1.54, 1.807) is 6.20 Å². The molecular weight excluding hydrogens is 197 g/mol. The van der Waals surface area contributed by atoms with Gasteiger partial charge in [0.05, 0.1) is 6.20 Å². The number of rotatable bonds is 1. The molecular formula is C7H7BrFN. The van der Waals surface area contributed by atoms with E-state index in [2.05, 4.69) is 20.9 Å². The van der Waals surface area contributed by atoms with Crippen molar-refractivity contribution >= 4 is 15.9 Å². The number of alkyl halides is 1. The number of halogens is 2. The fraction of sp³-hybridized carbons (Fsp3) is 0.286. The summed E-state index contributed by atoms with van der Waals surface area (Å²) in [6.07, 6.45) is 2.83. The van der Waals surface area contributed by atoms with Crippen LogP contribution in [0.3, 0.4) is 0 Å². The van der Waals surface area contributed by atoms with E-state index in [9.17, 15) is 4.39 Å². The van der Waals surface area contributed by atoms with Crippen molar-refractivity contribution in [2.24, 2.45) is 0 Å². The molecule has 1 rings (SSSR count). The van der Waals surface area contributed by atoms with Crippen LogP contribution in [0, 0.1) is 5.82 Å². The molecule has 0 saturated heterocycles. The molecule has 0 bridgehead atoms. The van der Waals surface area contributed by atoms with E-state index in [1.165, 1.54) is 12.3 Å². The van der Waals surface area contributed by atoms with Gasteiger partial charge in [-0.15, -0.1) is 0 Å². The van der Waals surface area contributed by atoms with Crippen molar-refractivity contribution in [1.29, 1.82) is 0 Å². The van der Waals surface area contributed by atoms with Gasteiger partial charge in [-0.05, 0) is 18.6 Å². The number of aromatic nitrogens is 1. The summed E-state index contributed by atoms with van der Waals surface area (Å²) in [5, 5.41) is 0. The maximum Gasteiger partial charge on any atom is 0.141 e. The van der Waals surface area contributed by atoms with Crippen molar-refractivity contribution < 1.29 is 4.39 Å². The average molecular weight is 204 g/mol. The fourth-order valence-electron chi connectivity index (χ4n) is 0.646. The van der Waals surface area contributed by atoms with Crippen LogP contribution in [0.4, 0.5) is 4.39 Å². The molecule has 0 aliphatic carbocycles. The summed E-state index contributed by atoms with van der Waals surface area (Å²) in [7, 11) is 0. The fourth-order valence-corrected chi connectivity index (χ4v) is 0.896. The molecule has 0 saturated carbocycles. The summed E-state index contributed by atoms with van der Waals surface area (Å²) in [5.41, 5.74) is 0.861. The molecule has 0 aliphatic rings. The topological polar surface area (TPSA) is 12.9 Å². The van der Waals surface area contributed by atoms with Crippen LogP contribution in [0.1, 0.15) is 17.3 Å². The highest BCUT2D eigenvalue weighted by Gasteiger charge is 2.00. The van der Waals surface area contributed by atoms with E-state index in [1.807, 2.05) is 6.92 Å². The molecule has 3 heteroatoms. The third-order valence-electron chi connectivity index (χ3n) is 1.19. The monoisotopic (exact) mass is 203 g/mol. The summed E-state index contributed by atoms with van der Waals surface area (Å²) in [6, 6.07) is 1.46. The lowest BCUT2D eigenvalue weighted by molar-refractivity contribution is 0.618. The molecule has 1 heterocycles. The Balaban J connectivity index is 2.96. The van der Waals surface area contributed by atoms with Gasteiger partial charge in [0, 0.05) is 11.0 Å². The zero-order chi connectivity index (χ0) is 7.56. The number of pyridine rings is 1. The second-order valence-corrected chi connectivity index (χ2v) is 3.43. The molecule has 0 unspecified atom stereocenters. The van der Waals surface area contributed by atoms with Gasteiger partial charge in [0.2, 0.25) is 0 Å². The summed E-state index contributed by atoms with van der Waals surface area (Å²) < 4.78 is 12.4. The van der Waals surface area contributed by atoms with Gasteiger partial charge in [-0.25, -0.2) is 4.39 Å². The first-order valence-electron chi connectivity index (χ1n) is 2.94. The van der Waals surface area contributed by atoms with Gasteiger partial charge in [0.15, 0.2) is 0 Å². The minimum atomic E-state index is -0.288. The van der Waals surface area contributed by atoms with E-state index in [0.29, 0.717) is 0 Å². The zero-order valence-electron chi connectivity index (χ0n) is 5.51. The van der Waals surface area contributed by atoms with Crippen LogP contribution in [0.25, 0.3) is 0 Å². The molecule has 0 N–H and O–H groups in total. The Hall–Kier alpha value is -0.440. The van der Waals surface area contributed by atoms with Crippen LogP contribution in [-0.2, 0) is 0 Å². The van der Waals surface area contributed by atoms with Gasteiger partial charge in [0.25, 0.3) is 0 Å². The molecule has 1 atom stereocenters. The van der Waals surface area contributed by atoms with E-state index in [0.717, 1.165) is 5.56 Å². The third kappa shape index (κ3) is 1.77. The van der Waals surface area contributed by atoms with Crippen LogP contribution in [0.15, 0.2) is 18.5 Å². The second kappa shape index (κ2) is 3.10. The summed E-state index contributed by atoms with van der Waals surface area (Å²) in [6.45, 7) is 1.93. The van der Waals surface area contributed by atoms with E-state index < -0.39 is 0 Å².